The lowest BCUT2D eigenvalue weighted by molar-refractivity contribution is -0.119. The van der Waals surface area contributed by atoms with Crippen LogP contribution in [0.2, 0.25) is 5.02 Å². The number of hydrogen-bond donors (Lipinski definition) is 3. The number of benzene rings is 1. The Morgan fingerprint density at radius 2 is 1.87 bits per heavy atom. The number of hydrogen-bond acceptors (Lipinski definition) is 4. The van der Waals surface area contributed by atoms with Gasteiger partial charge in [-0.15, -0.1) is 0 Å². The first-order chi connectivity index (χ1) is 11.1. The monoisotopic (exact) mass is 339 g/mol. The van der Waals surface area contributed by atoms with Gasteiger partial charge >= 0.3 is 6.03 Å². The Labute approximate surface area is 140 Å². The Bertz CT molecular complexity index is 542. The second kappa shape index (κ2) is 8.29. The molecular weight excluding hydrogens is 318 g/mol. The average Bonchev–Trinajstić information content (AvgIpc) is 2.55. The van der Waals surface area contributed by atoms with Crippen LogP contribution >= 0.6 is 11.6 Å². The van der Waals surface area contributed by atoms with Crippen molar-refractivity contribution in [3.8, 4) is 0 Å². The fourth-order valence-corrected chi connectivity index (χ4v) is 2.81. The van der Waals surface area contributed by atoms with Crippen molar-refractivity contribution in [3.63, 3.8) is 0 Å². The van der Waals surface area contributed by atoms with Gasteiger partial charge in [0.1, 0.15) is 0 Å². The maximum Gasteiger partial charge on any atom is 0.321 e. The second-order valence-corrected chi connectivity index (χ2v) is 5.90. The molecule has 0 atom stereocenters. The maximum atomic E-state index is 11.9. The molecule has 0 saturated carbocycles. The van der Waals surface area contributed by atoms with Gasteiger partial charge in [0.05, 0.1) is 6.54 Å². The average molecular weight is 340 g/mol. The highest BCUT2D eigenvalue weighted by Crippen LogP contribution is 2.32. The van der Waals surface area contributed by atoms with E-state index in [4.69, 9.17) is 16.3 Å². The predicted octanol–water partition coefficient (Wildman–Crippen LogP) is 1.78. The molecular formula is C16H22ClN3O3. The molecule has 3 amide bonds. The normalized spacial score (nSPS) is 16.6. The van der Waals surface area contributed by atoms with Gasteiger partial charge in [-0.2, -0.15) is 0 Å². The lowest BCUT2D eigenvalue weighted by Crippen LogP contribution is -2.51. The van der Waals surface area contributed by atoms with Crippen molar-refractivity contribution < 1.29 is 14.3 Å². The maximum absolute atomic E-state index is 11.9. The van der Waals surface area contributed by atoms with Crippen LogP contribution in [0.3, 0.4) is 0 Å². The smallest absolute Gasteiger partial charge is 0.321 e. The first-order valence-corrected chi connectivity index (χ1v) is 8.10. The summed E-state index contributed by atoms with van der Waals surface area (Å²) in [4.78, 5) is 23.3. The van der Waals surface area contributed by atoms with Crippen LogP contribution in [0.5, 0.6) is 0 Å². The Kier molecular flexibility index (Phi) is 6.38. The highest BCUT2D eigenvalue weighted by atomic mass is 35.5. The summed E-state index contributed by atoms with van der Waals surface area (Å²) in [5.41, 5.74) is 0.720. The van der Waals surface area contributed by atoms with Crippen LogP contribution in [0.15, 0.2) is 24.3 Å². The molecule has 2 rings (SSSR count). The molecule has 1 fully saturated rings. The molecule has 1 saturated heterocycles. The number of rotatable bonds is 5. The van der Waals surface area contributed by atoms with Crippen molar-refractivity contribution in [3.05, 3.63) is 34.9 Å². The van der Waals surface area contributed by atoms with Crippen molar-refractivity contribution in [1.29, 1.82) is 0 Å². The summed E-state index contributed by atoms with van der Waals surface area (Å²) in [6, 6.07) is 7.12. The summed E-state index contributed by atoms with van der Waals surface area (Å²) in [5.74, 6) is -0.365. The van der Waals surface area contributed by atoms with Crippen molar-refractivity contribution >= 4 is 23.5 Å². The molecule has 0 radical (unpaired) electrons. The predicted molar refractivity (Wildman–Crippen MR) is 88.4 cm³/mol. The number of imide groups is 1. The molecule has 1 heterocycles. The van der Waals surface area contributed by atoms with Gasteiger partial charge in [0.2, 0.25) is 5.91 Å². The molecule has 0 bridgehead atoms. The fourth-order valence-electron chi connectivity index (χ4n) is 2.68. The van der Waals surface area contributed by atoms with E-state index in [1.54, 1.807) is 6.92 Å². The number of carbonyl (C=O) groups is 2. The lowest BCUT2D eigenvalue weighted by atomic mass is 9.82. The molecule has 23 heavy (non-hydrogen) atoms. The van der Waals surface area contributed by atoms with Crippen molar-refractivity contribution in [2.75, 3.05) is 26.3 Å². The number of nitrogens with one attached hydrogen (secondary N) is 3. The van der Waals surface area contributed by atoms with E-state index in [-0.39, 0.29) is 18.0 Å². The number of carbonyl (C=O) groups excluding carboxylic acids is 2. The Morgan fingerprint density at radius 1 is 1.22 bits per heavy atom. The molecule has 1 aliphatic heterocycles. The van der Waals surface area contributed by atoms with Gasteiger partial charge in [-0.3, -0.25) is 15.4 Å². The van der Waals surface area contributed by atoms with Crippen LogP contribution in [0, 0.1) is 0 Å². The topological polar surface area (TPSA) is 79.5 Å². The van der Waals surface area contributed by atoms with Gasteiger partial charge < -0.3 is 10.1 Å². The minimum Gasteiger partial charge on any atom is -0.381 e. The highest BCUT2D eigenvalue weighted by molar-refractivity contribution is 6.30. The van der Waals surface area contributed by atoms with E-state index in [0.29, 0.717) is 24.8 Å². The zero-order valence-electron chi connectivity index (χ0n) is 13.2. The van der Waals surface area contributed by atoms with Gasteiger partial charge in [0, 0.05) is 30.3 Å². The highest BCUT2D eigenvalue weighted by Gasteiger charge is 2.34. The van der Waals surface area contributed by atoms with E-state index in [0.717, 1.165) is 18.4 Å². The SMILES string of the molecule is CCNC(=O)NC(=O)CNC1(c2ccc(Cl)cc2)CCOCC1. The number of halogens is 1. The lowest BCUT2D eigenvalue weighted by Gasteiger charge is -2.38. The first kappa shape index (κ1) is 17.7. The largest absolute Gasteiger partial charge is 0.381 e. The third kappa shape index (κ3) is 4.92. The van der Waals surface area contributed by atoms with Gasteiger partial charge in [0.25, 0.3) is 0 Å². The van der Waals surface area contributed by atoms with Crippen LogP contribution < -0.4 is 16.0 Å². The van der Waals surface area contributed by atoms with E-state index in [2.05, 4.69) is 16.0 Å². The number of amides is 3. The molecule has 0 aromatic heterocycles. The van der Waals surface area contributed by atoms with Crippen LogP contribution in [0.25, 0.3) is 0 Å². The Morgan fingerprint density at radius 3 is 2.48 bits per heavy atom. The van der Waals surface area contributed by atoms with Crippen molar-refractivity contribution in [1.82, 2.24) is 16.0 Å². The van der Waals surface area contributed by atoms with Crippen LogP contribution in [0.4, 0.5) is 4.79 Å². The van der Waals surface area contributed by atoms with Gasteiger partial charge in [-0.1, -0.05) is 23.7 Å². The van der Waals surface area contributed by atoms with Crippen molar-refractivity contribution in [2.45, 2.75) is 25.3 Å². The van der Waals surface area contributed by atoms with Crippen LogP contribution in [0.1, 0.15) is 25.3 Å². The summed E-state index contributed by atoms with van der Waals surface area (Å²) in [6.45, 7) is 3.55. The van der Waals surface area contributed by atoms with Crippen molar-refractivity contribution in [2.24, 2.45) is 0 Å². The Hall–Kier alpha value is -1.63. The molecule has 3 N–H and O–H groups in total. The summed E-state index contributed by atoms with van der Waals surface area (Å²) in [5, 5.41) is 8.80. The summed E-state index contributed by atoms with van der Waals surface area (Å²) >= 11 is 5.96. The minimum absolute atomic E-state index is 0.0553. The third-order valence-corrected chi connectivity index (χ3v) is 4.17. The molecule has 0 unspecified atom stereocenters. The van der Waals surface area contributed by atoms with E-state index >= 15 is 0 Å². The minimum atomic E-state index is -0.480. The van der Waals surface area contributed by atoms with Crippen LogP contribution in [-0.4, -0.2) is 38.2 Å². The number of urea groups is 1. The zero-order valence-corrected chi connectivity index (χ0v) is 13.9. The molecule has 1 aromatic rings. The Balaban J connectivity index is 2.03. The summed E-state index contributed by atoms with van der Waals surface area (Å²) in [7, 11) is 0. The summed E-state index contributed by atoms with van der Waals surface area (Å²) < 4.78 is 5.44. The molecule has 0 spiro atoms. The molecule has 0 aliphatic carbocycles. The van der Waals surface area contributed by atoms with E-state index in [1.807, 2.05) is 24.3 Å². The number of ether oxygens (including phenoxy) is 1. The molecule has 1 aliphatic rings. The van der Waals surface area contributed by atoms with Gasteiger partial charge in [-0.05, 0) is 37.5 Å². The second-order valence-electron chi connectivity index (χ2n) is 5.46. The van der Waals surface area contributed by atoms with E-state index in [1.165, 1.54) is 0 Å². The third-order valence-electron chi connectivity index (χ3n) is 3.92. The first-order valence-electron chi connectivity index (χ1n) is 7.72. The molecule has 126 valence electrons. The zero-order chi connectivity index (χ0) is 16.7. The standard InChI is InChI=1S/C16H22ClN3O3/c1-2-18-15(22)20-14(21)11-19-16(7-9-23-10-8-16)12-3-5-13(17)6-4-12/h3-6,19H,2,7-11H2,1H3,(H2,18,20,21,22). The summed E-state index contributed by atoms with van der Waals surface area (Å²) in [6.07, 6.45) is 1.51. The van der Waals surface area contributed by atoms with Crippen LogP contribution in [-0.2, 0) is 15.1 Å². The molecule has 7 heteroatoms. The fraction of sp³-hybridized carbons (Fsp3) is 0.500. The molecule has 6 nitrogen and oxygen atoms in total. The quantitative estimate of drug-likeness (QED) is 0.764. The van der Waals surface area contributed by atoms with E-state index < -0.39 is 6.03 Å². The van der Waals surface area contributed by atoms with Gasteiger partial charge in [0.15, 0.2) is 0 Å². The molecule has 1 aromatic carbocycles. The van der Waals surface area contributed by atoms with Gasteiger partial charge in [-0.25, -0.2) is 4.79 Å². The van der Waals surface area contributed by atoms with E-state index in [9.17, 15) is 9.59 Å².